The summed E-state index contributed by atoms with van der Waals surface area (Å²) in [5.41, 5.74) is 6.35. The van der Waals surface area contributed by atoms with Crippen LogP contribution in [0.15, 0.2) is 89.5 Å². The van der Waals surface area contributed by atoms with Crippen LogP contribution in [0.3, 0.4) is 0 Å². The summed E-state index contributed by atoms with van der Waals surface area (Å²) in [6.07, 6.45) is 0.685. The van der Waals surface area contributed by atoms with Crippen LogP contribution < -0.4 is 0 Å². The highest BCUT2D eigenvalue weighted by Gasteiger charge is 2.16. The van der Waals surface area contributed by atoms with Gasteiger partial charge in [0.1, 0.15) is 0 Å². The fourth-order valence-corrected chi connectivity index (χ4v) is 4.54. The monoisotopic (exact) mass is 401 g/mol. The Morgan fingerprint density at radius 3 is 2.07 bits per heavy atom. The second-order valence-corrected chi connectivity index (χ2v) is 8.62. The molecule has 0 radical (unpaired) electrons. The Labute approximate surface area is 173 Å². The molecule has 0 saturated carbocycles. The van der Waals surface area contributed by atoms with E-state index in [9.17, 15) is 4.21 Å². The van der Waals surface area contributed by atoms with Gasteiger partial charge >= 0.3 is 0 Å². The number of hydrogen-bond donors (Lipinski definition) is 0. The maximum Gasteiger partial charge on any atom is 0.170 e. The van der Waals surface area contributed by atoms with E-state index in [1.807, 2.05) is 55.5 Å². The Morgan fingerprint density at radius 2 is 1.38 bits per heavy atom. The number of rotatable bonds is 7. The van der Waals surface area contributed by atoms with Crippen molar-refractivity contribution in [2.45, 2.75) is 19.1 Å². The SMILES string of the molecule is Cc1noc(-c2ccc(-c3ccccc3)cc2)c1CCS(=O)Cc1ccccc1. The molecule has 0 spiro atoms. The van der Waals surface area contributed by atoms with E-state index in [4.69, 9.17) is 4.52 Å². The standard InChI is InChI=1S/C25H23NO2S/c1-19-24(16-17-29(27)18-20-8-4-2-5-9-20)25(28-26-19)23-14-12-22(13-15-23)21-10-6-3-7-11-21/h2-15H,16-18H2,1H3. The number of aryl methyl sites for hydroxylation is 1. The zero-order chi connectivity index (χ0) is 20.1. The lowest BCUT2D eigenvalue weighted by atomic mass is 10.0. The Hall–Kier alpha value is -2.98. The van der Waals surface area contributed by atoms with Crippen molar-refractivity contribution in [1.29, 1.82) is 0 Å². The number of aromatic nitrogens is 1. The lowest BCUT2D eigenvalue weighted by Gasteiger charge is -2.06. The average Bonchev–Trinajstić information content (AvgIpc) is 3.14. The van der Waals surface area contributed by atoms with E-state index in [2.05, 4.69) is 41.6 Å². The molecule has 1 atom stereocenters. The van der Waals surface area contributed by atoms with Crippen molar-refractivity contribution in [2.75, 3.05) is 5.75 Å². The predicted molar refractivity (Wildman–Crippen MR) is 119 cm³/mol. The zero-order valence-electron chi connectivity index (χ0n) is 16.4. The summed E-state index contributed by atoms with van der Waals surface area (Å²) in [4.78, 5) is 0. The van der Waals surface area contributed by atoms with Gasteiger partial charge in [-0.15, -0.1) is 0 Å². The van der Waals surface area contributed by atoms with Crippen molar-refractivity contribution in [3.8, 4) is 22.5 Å². The van der Waals surface area contributed by atoms with Gasteiger partial charge in [0.05, 0.1) is 5.69 Å². The van der Waals surface area contributed by atoms with Crippen molar-refractivity contribution >= 4 is 10.8 Å². The summed E-state index contributed by atoms with van der Waals surface area (Å²) in [6.45, 7) is 1.95. The summed E-state index contributed by atoms with van der Waals surface area (Å²) in [5.74, 6) is 1.94. The number of hydrogen-bond acceptors (Lipinski definition) is 3. The minimum absolute atomic E-state index is 0.576. The smallest absolute Gasteiger partial charge is 0.170 e. The molecular weight excluding hydrogens is 378 g/mol. The van der Waals surface area contributed by atoms with Crippen molar-refractivity contribution < 1.29 is 8.73 Å². The van der Waals surface area contributed by atoms with Gasteiger partial charge in [0.15, 0.2) is 5.76 Å². The van der Waals surface area contributed by atoms with E-state index in [1.54, 1.807) is 0 Å². The van der Waals surface area contributed by atoms with Crippen LogP contribution in [0.2, 0.25) is 0 Å². The maximum atomic E-state index is 12.5. The van der Waals surface area contributed by atoms with Crippen LogP contribution in [-0.2, 0) is 23.0 Å². The van der Waals surface area contributed by atoms with Gasteiger partial charge in [-0.2, -0.15) is 0 Å². The van der Waals surface area contributed by atoms with E-state index >= 15 is 0 Å². The van der Waals surface area contributed by atoms with Gasteiger partial charge in [-0.3, -0.25) is 4.21 Å². The summed E-state index contributed by atoms with van der Waals surface area (Å²) >= 11 is 0. The molecule has 0 fully saturated rings. The summed E-state index contributed by atoms with van der Waals surface area (Å²) in [5, 5.41) is 4.16. The molecule has 0 saturated heterocycles. The first-order chi connectivity index (χ1) is 14.2. The van der Waals surface area contributed by atoms with Crippen LogP contribution in [0, 0.1) is 6.92 Å². The minimum atomic E-state index is -0.927. The molecule has 0 N–H and O–H groups in total. The molecular formula is C25H23NO2S. The topological polar surface area (TPSA) is 43.1 Å². The highest BCUT2D eigenvalue weighted by molar-refractivity contribution is 7.84. The highest BCUT2D eigenvalue weighted by Crippen LogP contribution is 2.29. The molecule has 0 amide bonds. The number of nitrogens with zero attached hydrogens (tertiary/aromatic N) is 1. The summed E-state index contributed by atoms with van der Waals surface area (Å²) in [7, 11) is -0.927. The molecule has 0 aliphatic rings. The van der Waals surface area contributed by atoms with Crippen LogP contribution >= 0.6 is 0 Å². The van der Waals surface area contributed by atoms with E-state index in [-0.39, 0.29) is 0 Å². The van der Waals surface area contributed by atoms with E-state index in [1.165, 1.54) is 5.56 Å². The Kier molecular flexibility index (Phi) is 6.01. The third-order valence-corrected chi connectivity index (χ3v) is 6.30. The average molecular weight is 402 g/mol. The Bertz CT molecular complexity index is 1090. The van der Waals surface area contributed by atoms with Crippen molar-refractivity contribution in [1.82, 2.24) is 5.16 Å². The molecule has 4 rings (SSSR count). The van der Waals surface area contributed by atoms with Crippen LogP contribution in [0.25, 0.3) is 22.5 Å². The molecule has 29 heavy (non-hydrogen) atoms. The van der Waals surface area contributed by atoms with Gasteiger partial charge in [-0.05, 0) is 30.0 Å². The van der Waals surface area contributed by atoms with Gasteiger partial charge in [-0.1, -0.05) is 90.1 Å². The second kappa shape index (κ2) is 9.01. The Balaban J connectivity index is 1.48. The first-order valence-corrected chi connectivity index (χ1v) is 11.2. The van der Waals surface area contributed by atoms with Gasteiger partial charge in [0, 0.05) is 33.4 Å². The fraction of sp³-hybridized carbons (Fsp3) is 0.160. The predicted octanol–water partition coefficient (Wildman–Crippen LogP) is 5.81. The molecule has 0 aliphatic carbocycles. The lowest BCUT2D eigenvalue weighted by Crippen LogP contribution is -2.05. The molecule has 146 valence electrons. The van der Waals surface area contributed by atoms with Crippen LogP contribution in [-0.4, -0.2) is 15.1 Å². The van der Waals surface area contributed by atoms with Crippen molar-refractivity contribution in [3.05, 3.63) is 102 Å². The minimum Gasteiger partial charge on any atom is -0.356 e. The molecule has 3 nitrogen and oxygen atoms in total. The van der Waals surface area contributed by atoms with E-state index < -0.39 is 10.8 Å². The maximum absolute atomic E-state index is 12.5. The van der Waals surface area contributed by atoms with Crippen LogP contribution in [0.1, 0.15) is 16.8 Å². The molecule has 0 bridgehead atoms. The molecule has 1 aromatic heterocycles. The lowest BCUT2D eigenvalue weighted by molar-refractivity contribution is 0.426. The van der Waals surface area contributed by atoms with Gasteiger partial charge in [0.2, 0.25) is 0 Å². The van der Waals surface area contributed by atoms with Gasteiger partial charge in [0.25, 0.3) is 0 Å². The molecule has 1 unspecified atom stereocenters. The molecule has 1 heterocycles. The summed E-state index contributed by atoms with van der Waals surface area (Å²) in [6, 6.07) is 28.6. The first kappa shape index (κ1) is 19.3. The molecule has 3 aromatic carbocycles. The summed E-state index contributed by atoms with van der Waals surface area (Å²) < 4.78 is 18.2. The molecule has 0 aliphatic heterocycles. The zero-order valence-corrected chi connectivity index (χ0v) is 17.2. The largest absolute Gasteiger partial charge is 0.356 e. The third kappa shape index (κ3) is 4.72. The van der Waals surface area contributed by atoms with E-state index in [0.29, 0.717) is 17.9 Å². The second-order valence-electron chi connectivity index (χ2n) is 7.04. The van der Waals surface area contributed by atoms with Crippen molar-refractivity contribution in [2.24, 2.45) is 0 Å². The molecule has 4 aromatic rings. The van der Waals surface area contributed by atoms with Crippen LogP contribution in [0.4, 0.5) is 0 Å². The highest BCUT2D eigenvalue weighted by atomic mass is 32.2. The van der Waals surface area contributed by atoms with Crippen LogP contribution in [0.5, 0.6) is 0 Å². The quantitative estimate of drug-likeness (QED) is 0.392. The Morgan fingerprint density at radius 1 is 0.793 bits per heavy atom. The third-order valence-electron chi connectivity index (χ3n) is 4.99. The molecule has 4 heteroatoms. The van der Waals surface area contributed by atoms with Gasteiger partial charge < -0.3 is 4.52 Å². The van der Waals surface area contributed by atoms with E-state index in [0.717, 1.165) is 33.7 Å². The first-order valence-electron chi connectivity index (χ1n) is 9.70. The van der Waals surface area contributed by atoms with Gasteiger partial charge in [-0.25, -0.2) is 0 Å². The number of benzene rings is 3. The van der Waals surface area contributed by atoms with Crippen molar-refractivity contribution in [3.63, 3.8) is 0 Å². The normalized spacial score (nSPS) is 12.0. The fourth-order valence-electron chi connectivity index (χ4n) is 3.40.